The topological polar surface area (TPSA) is 50.2 Å². The molecule has 0 bridgehead atoms. The molecule has 0 radical (unpaired) electrons. The van der Waals surface area contributed by atoms with E-state index in [4.69, 9.17) is 11.6 Å². The zero-order valence-corrected chi connectivity index (χ0v) is 21.8. The van der Waals surface area contributed by atoms with E-state index in [0.717, 1.165) is 12.8 Å². The Hall–Kier alpha value is -2.88. The number of nitrogens with zero attached hydrogens (tertiary/aromatic N) is 3. The van der Waals surface area contributed by atoms with Gasteiger partial charge in [0.15, 0.2) is 11.6 Å². The molecule has 0 spiro atoms. The van der Waals surface area contributed by atoms with Gasteiger partial charge in [-0.1, -0.05) is 30.7 Å². The summed E-state index contributed by atoms with van der Waals surface area (Å²) in [5.74, 6) is -1.39. The van der Waals surface area contributed by atoms with E-state index >= 15 is 8.78 Å². The Labute approximate surface area is 222 Å². The Morgan fingerprint density at radius 3 is 2.50 bits per heavy atom. The second kappa shape index (κ2) is 9.70. The van der Waals surface area contributed by atoms with Gasteiger partial charge >= 0.3 is 6.18 Å². The summed E-state index contributed by atoms with van der Waals surface area (Å²) in [5.41, 5.74) is -0.792. The monoisotopic (exact) mass is 554 g/mol. The van der Waals surface area contributed by atoms with Crippen LogP contribution in [0, 0.1) is 23.0 Å². The molecule has 2 heterocycles. The third-order valence-corrected chi connectivity index (χ3v) is 8.23. The number of rotatable bonds is 6. The molecular formula is C27H28ClF5N4O. The first-order chi connectivity index (χ1) is 17.9. The summed E-state index contributed by atoms with van der Waals surface area (Å²) in [6.45, 7) is 3.18. The summed E-state index contributed by atoms with van der Waals surface area (Å²) in [6, 6.07) is 6.13. The largest absolute Gasteiger partial charge is 0.403 e. The van der Waals surface area contributed by atoms with E-state index in [1.165, 1.54) is 6.07 Å². The van der Waals surface area contributed by atoms with Crippen molar-refractivity contribution in [2.45, 2.75) is 51.7 Å². The number of imidazole rings is 1. The van der Waals surface area contributed by atoms with Crippen molar-refractivity contribution in [3.05, 3.63) is 57.9 Å². The van der Waals surface area contributed by atoms with Crippen molar-refractivity contribution in [3.63, 3.8) is 0 Å². The SMILES string of the molecule is CC1CCN(c2c(F)cc3nc(Cc4cc(CNC(=O)C5(C(F)(F)F)CC5)ccc4Cl)n(C)c3c2F)CC1. The number of carbonyl (C=O) groups is 1. The molecule has 1 aliphatic heterocycles. The van der Waals surface area contributed by atoms with Crippen molar-refractivity contribution in [1.29, 1.82) is 0 Å². The molecule has 38 heavy (non-hydrogen) atoms. The zero-order chi connectivity index (χ0) is 27.4. The fourth-order valence-corrected chi connectivity index (χ4v) is 5.36. The average Bonchev–Trinajstić information content (AvgIpc) is 3.62. The van der Waals surface area contributed by atoms with Gasteiger partial charge in [0.2, 0.25) is 5.91 Å². The number of carbonyl (C=O) groups excluding carboxylic acids is 1. The van der Waals surface area contributed by atoms with Gasteiger partial charge in [0.1, 0.15) is 22.4 Å². The molecule has 3 aromatic rings. The van der Waals surface area contributed by atoms with Crippen LogP contribution in [0.4, 0.5) is 27.6 Å². The van der Waals surface area contributed by atoms with Crippen LogP contribution in [0.25, 0.3) is 11.0 Å². The van der Waals surface area contributed by atoms with Crippen LogP contribution in [-0.4, -0.2) is 34.7 Å². The van der Waals surface area contributed by atoms with Crippen molar-refractivity contribution < 1.29 is 26.7 Å². The maximum Gasteiger partial charge on any atom is 0.403 e. The highest BCUT2D eigenvalue weighted by molar-refractivity contribution is 6.31. The molecule has 0 unspecified atom stereocenters. The molecule has 11 heteroatoms. The molecule has 1 N–H and O–H groups in total. The molecule has 1 aliphatic carbocycles. The fraction of sp³-hybridized carbons (Fsp3) is 0.481. The van der Waals surface area contributed by atoms with E-state index in [1.807, 2.05) is 0 Å². The van der Waals surface area contributed by atoms with Crippen molar-refractivity contribution in [2.24, 2.45) is 18.4 Å². The van der Waals surface area contributed by atoms with Gasteiger partial charge in [-0.3, -0.25) is 4.79 Å². The Kier molecular flexibility index (Phi) is 6.82. The Morgan fingerprint density at radius 1 is 1.18 bits per heavy atom. The van der Waals surface area contributed by atoms with Crippen LogP contribution < -0.4 is 10.2 Å². The van der Waals surface area contributed by atoms with Gasteiger partial charge < -0.3 is 14.8 Å². The molecule has 2 aromatic carbocycles. The minimum absolute atomic E-state index is 0.0398. The summed E-state index contributed by atoms with van der Waals surface area (Å²) < 4.78 is 71.9. The number of piperidine rings is 1. The molecule has 1 saturated carbocycles. The Morgan fingerprint density at radius 2 is 1.87 bits per heavy atom. The molecule has 2 fully saturated rings. The predicted octanol–water partition coefficient (Wildman–Crippen LogP) is 6.29. The number of hydrogen-bond donors (Lipinski definition) is 1. The number of amides is 1. The van der Waals surface area contributed by atoms with Crippen molar-refractivity contribution in [1.82, 2.24) is 14.9 Å². The molecule has 0 atom stereocenters. The molecule has 1 aromatic heterocycles. The van der Waals surface area contributed by atoms with Crippen LogP contribution in [0.5, 0.6) is 0 Å². The number of fused-ring (bicyclic) bond motifs is 1. The number of anilines is 1. The van der Waals surface area contributed by atoms with Gasteiger partial charge in [0.05, 0.1) is 5.52 Å². The summed E-state index contributed by atoms with van der Waals surface area (Å²) in [7, 11) is 1.65. The van der Waals surface area contributed by atoms with Gasteiger partial charge in [0, 0.05) is 44.2 Å². The van der Waals surface area contributed by atoms with Gasteiger partial charge in [-0.2, -0.15) is 13.2 Å². The third kappa shape index (κ3) is 4.72. The number of hydrogen-bond acceptors (Lipinski definition) is 3. The summed E-state index contributed by atoms with van der Waals surface area (Å²) in [6.07, 6.45) is -3.10. The minimum Gasteiger partial charge on any atom is -0.367 e. The van der Waals surface area contributed by atoms with E-state index in [9.17, 15) is 18.0 Å². The lowest BCUT2D eigenvalue weighted by Crippen LogP contribution is -2.40. The average molecular weight is 555 g/mol. The number of aryl methyl sites for hydroxylation is 1. The van der Waals surface area contributed by atoms with E-state index in [1.54, 1.807) is 34.7 Å². The van der Waals surface area contributed by atoms with Crippen LogP contribution in [0.1, 0.15) is 49.6 Å². The second-order valence-electron chi connectivity index (χ2n) is 10.5. The first-order valence-electron chi connectivity index (χ1n) is 12.6. The highest BCUT2D eigenvalue weighted by Gasteiger charge is 2.68. The fourth-order valence-electron chi connectivity index (χ4n) is 5.17. The van der Waals surface area contributed by atoms with E-state index in [2.05, 4.69) is 17.2 Å². The van der Waals surface area contributed by atoms with Gasteiger partial charge in [-0.25, -0.2) is 13.8 Å². The highest BCUT2D eigenvalue weighted by atomic mass is 35.5. The number of nitrogens with one attached hydrogen (secondary N) is 1. The van der Waals surface area contributed by atoms with Crippen LogP contribution in [0.15, 0.2) is 24.3 Å². The smallest absolute Gasteiger partial charge is 0.367 e. The number of halogens is 6. The first kappa shape index (κ1) is 26.7. The van der Waals surface area contributed by atoms with Crippen LogP contribution >= 0.6 is 11.6 Å². The van der Waals surface area contributed by atoms with E-state index in [0.29, 0.717) is 41.0 Å². The minimum atomic E-state index is -4.58. The lowest BCUT2D eigenvalue weighted by molar-refractivity contribution is -0.192. The second-order valence-corrected chi connectivity index (χ2v) is 10.9. The van der Waals surface area contributed by atoms with Crippen molar-refractivity contribution >= 4 is 34.2 Å². The maximum absolute atomic E-state index is 15.6. The molecule has 1 saturated heterocycles. The quantitative estimate of drug-likeness (QED) is 0.364. The van der Waals surface area contributed by atoms with Gasteiger partial charge in [-0.05, 0) is 48.8 Å². The Balaban J connectivity index is 1.38. The number of benzene rings is 2. The van der Waals surface area contributed by atoms with Gasteiger partial charge in [-0.15, -0.1) is 0 Å². The molecule has 5 rings (SSSR count). The normalized spacial score (nSPS) is 17.7. The molecule has 5 nitrogen and oxygen atoms in total. The maximum atomic E-state index is 15.6. The van der Waals surface area contributed by atoms with Crippen LogP contribution in [-0.2, 0) is 24.8 Å². The number of alkyl halides is 3. The summed E-state index contributed by atoms with van der Waals surface area (Å²) in [5, 5.41) is 2.77. The lowest BCUT2D eigenvalue weighted by atomic mass is 9.98. The first-order valence-corrected chi connectivity index (χ1v) is 13.0. The highest BCUT2D eigenvalue weighted by Crippen LogP contribution is 2.57. The van der Waals surface area contributed by atoms with Crippen molar-refractivity contribution in [2.75, 3.05) is 18.0 Å². The van der Waals surface area contributed by atoms with Crippen molar-refractivity contribution in [3.8, 4) is 0 Å². The third-order valence-electron chi connectivity index (χ3n) is 7.86. The van der Waals surface area contributed by atoms with Crippen LogP contribution in [0.3, 0.4) is 0 Å². The van der Waals surface area contributed by atoms with E-state index < -0.39 is 29.1 Å². The molecule has 204 valence electrons. The van der Waals surface area contributed by atoms with Crippen LogP contribution in [0.2, 0.25) is 5.02 Å². The van der Waals surface area contributed by atoms with Gasteiger partial charge in [0.25, 0.3) is 0 Å². The molecular weight excluding hydrogens is 527 g/mol. The standard InChI is InChI=1S/C27H28ClF5N4O/c1-15-5-9-37(10-6-15)23-19(29)13-20-24(22(23)30)36(2)21(35-20)12-17-11-16(3-4-18(17)28)14-34-25(38)26(7-8-26)27(31,32)33/h3-4,11,13,15H,5-10,12,14H2,1-2H3,(H,34,38). The summed E-state index contributed by atoms with van der Waals surface area (Å²) >= 11 is 6.38. The Bertz CT molecular complexity index is 1390. The predicted molar refractivity (Wildman–Crippen MR) is 135 cm³/mol. The zero-order valence-electron chi connectivity index (χ0n) is 21.1. The lowest BCUT2D eigenvalue weighted by Gasteiger charge is -2.32. The summed E-state index contributed by atoms with van der Waals surface area (Å²) in [4.78, 5) is 18.4. The molecule has 1 amide bonds. The van der Waals surface area contributed by atoms with E-state index in [-0.39, 0.29) is 42.5 Å². The number of aromatic nitrogens is 2. The molecule has 2 aliphatic rings.